The predicted molar refractivity (Wildman–Crippen MR) is 36.1 cm³/mol. The summed E-state index contributed by atoms with van der Waals surface area (Å²) in [7, 11) is 0. The molecule has 4 nitrogen and oxygen atoms in total. The first-order valence-corrected chi connectivity index (χ1v) is 3.03. The number of carbonyl (C=O) groups is 1. The van der Waals surface area contributed by atoms with E-state index in [0.29, 0.717) is 18.5 Å². The van der Waals surface area contributed by atoms with Crippen molar-refractivity contribution >= 4 is 6.29 Å². The maximum Gasteiger partial charge on any atom is 0.267 e. The molecule has 1 aromatic rings. The third kappa shape index (κ3) is 1.00. The average molecular weight is 140 g/mol. The van der Waals surface area contributed by atoms with Gasteiger partial charge in [0.2, 0.25) is 0 Å². The zero-order valence-corrected chi connectivity index (χ0v) is 5.63. The monoisotopic (exact) mass is 140 g/mol. The number of hydrogen-bond donors (Lipinski definition) is 1. The van der Waals surface area contributed by atoms with Gasteiger partial charge in [-0.05, 0) is 6.92 Å². The molecule has 1 rings (SSSR count). The van der Waals surface area contributed by atoms with Crippen LogP contribution in [0.1, 0.15) is 17.4 Å². The van der Waals surface area contributed by atoms with Gasteiger partial charge in [-0.15, -0.1) is 0 Å². The minimum Gasteiger partial charge on any atom is -0.296 e. The van der Waals surface area contributed by atoms with Crippen LogP contribution in [0.4, 0.5) is 0 Å². The van der Waals surface area contributed by atoms with E-state index in [2.05, 4.69) is 5.10 Å². The largest absolute Gasteiger partial charge is 0.296 e. The summed E-state index contributed by atoms with van der Waals surface area (Å²) >= 11 is 0. The molecule has 1 N–H and O–H groups in total. The minimum atomic E-state index is -0.162. The highest BCUT2D eigenvalue weighted by Crippen LogP contribution is 1.82. The molecule has 0 aliphatic carbocycles. The molecule has 0 aromatic carbocycles. The predicted octanol–water partition coefficient (Wildman–Crippen LogP) is 0.00880. The molecule has 54 valence electrons. The highest BCUT2D eigenvalue weighted by atomic mass is 16.1. The maximum atomic E-state index is 10.8. The van der Waals surface area contributed by atoms with Crippen LogP contribution < -0.4 is 5.56 Å². The van der Waals surface area contributed by atoms with E-state index in [1.807, 2.05) is 6.92 Å². The maximum absolute atomic E-state index is 10.8. The molecule has 0 amide bonds. The number of hydrogen-bond acceptors (Lipinski definition) is 2. The summed E-state index contributed by atoms with van der Waals surface area (Å²) in [5.74, 6) is 0. The number of nitrogens with one attached hydrogen (secondary N) is 1. The number of aldehydes is 1. The number of nitrogens with zero attached hydrogens (tertiary/aromatic N) is 1. The number of aryl methyl sites for hydroxylation is 1. The van der Waals surface area contributed by atoms with Crippen LogP contribution >= 0.6 is 0 Å². The van der Waals surface area contributed by atoms with Gasteiger partial charge in [0.15, 0.2) is 6.29 Å². The van der Waals surface area contributed by atoms with Crippen molar-refractivity contribution in [2.24, 2.45) is 0 Å². The highest BCUT2D eigenvalue weighted by Gasteiger charge is 1.97. The average Bonchev–Trinajstić information content (AvgIpc) is 2.30. The second kappa shape index (κ2) is 2.51. The zero-order chi connectivity index (χ0) is 7.56. The van der Waals surface area contributed by atoms with Crippen LogP contribution in [-0.4, -0.2) is 16.1 Å². The SMILES string of the molecule is CCn1[nH]c(C=O)cc1=O. The summed E-state index contributed by atoms with van der Waals surface area (Å²) in [6, 6.07) is 1.27. The summed E-state index contributed by atoms with van der Waals surface area (Å²) in [4.78, 5) is 20.9. The molecule has 0 fully saturated rings. The second-order valence-corrected chi connectivity index (χ2v) is 1.91. The van der Waals surface area contributed by atoms with Crippen molar-refractivity contribution in [1.29, 1.82) is 0 Å². The van der Waals surface area contributed by atoms with Gasteiger partial charge in [-0.2, -0.15) is 0 Å². The molecule has 0 aliphatic heterocycles. The fourth-order valence-corrected chi connectivity index (χ4v) is 0.749. The molecular formula is C6H8N2O2. The Morgan fingerprint density at radius 1 is 1.80 bits per heavy atom. The van der Waals surface area contributed by atoms with Crippen LogP contribution in [0.2, 0.25) is 0 Å². The third-order valence-corrected chi connectivity index (χ3v) is 1.25. The number of aromatic amines is 1. The fraction of sp³-hybridized carbons (Fsp3) is 0.333. The quantitative estimate of drug-likeness (QED) is 0.588. The third-order valence-electron chi connectivity index (χ3n) is 1.25. The molecule has 0 bridgehead atoms. The lowest BCUT2D eigenvalue weighted by Crippen LogP contribution is -2.13. The van der Waals surface area contributed by atoms with E-state index in [1.165, 1.54) is 10.7 Å². The first-order valence-electron chi connectivity index (χ1n) is 3.03. The van der Waals surface area contributed by atoms with Crippen molar-refractivity contribution in [1.82, 2.24) is 9.78 Å². The Morgan fingerprint density at radius 2 is 2.50 bits per heavy atom. The van der Waals surface area contributed by atoms with Gasteiger partial charge >= 0.3 is 0 Å². The topological polar surface area (TPSA) is 54.9 Å². The number of carbonyl (C=O) groups excluding carboxylic acids is 1. The van der Waals surface area contributed by atoms with Gasteiger partial charge in [0, 0.05) is 12.6 Å². The molecule has 1 aromatic heterocycles. The Balaban J connectivity index is 3.16. The van der Waals surface area contributed by atoms with Gasteiger partial charge in [0.25, 0.3) is 5.56 Å². The van der Waals surface area contributed by atoms with Crippen molar-refractivity contribution < 1.29 is 4.79 Å². The van der Waals surface area contributed by atoms with E-state index >= 15 is 0 Å². The first-order chi connectivity index (χ1) is 4.77. The summed E-state index contributed by atoms with van der Waals surface area (Å²) in [5.41, 5.74) is 0.163. The lowest BCUT2D eigenvalue weighted by molar-refractivity contribution is 0.111. The molecule has 4 heteroatoms. The summed E-state index contributed by atoms with van der Waals surface area (Å²) in [6.45, 7) is 2.39. The lowest BCUT2D eigenvalue weighted by Gasteiger charge is -1.90. The van der Waals surface area contributed by atoms with Gasteiger partial charge in [0.1, 0.15) is 0 Å². The van der Waals surface area contributed by atoms with Crippen molar-refractivity contribution in [3.8, 4) is 0 Å². The van der Waals surface area contributed by atoms with Gasteiger partial charge in [-0.1, -0.05) is 0 Å². The Bertz CT molecular complexity index is 284. The molecule has 0 unspecified atom stereocenters. The van der Waals surface area contributed by atoms with E-state index in [-0.39, 0.29) is 5.56 Å². The van der Waals surface area contributed by atoms with Crippen molar-refractivity contribution in [2.75, 3.05) is 0 Å². The minimum absolute atomic E-state index is 0.162. The van der Waals surface area contributed by atoms with Crippen molar-refractivity contribution in [2.45, 2.75) is 13.5 Å². The standard InChI is InChI=1S/C6H8N2O2/c1-2-8-6(10)3-5(4-9)7-8/h3-4,7H,2H2,1H3. The van der Waals surface area contributed by atoms with Crippen LogP contribution in [0.5, 0.6) is 0 Å². The molecule has 10 heavy (non-hydrogen) atoms. The molecule has 0 spiro atoms. The normalized spacial score (nSPS) is 9.70. The second-order valence-electron chi connectivity index (χ2n) is 1.91. The molecule has 0 saturated heterocycles. The van der Waals surface area contributed by atoms with E-state index in [4.69, 9.17) is 0 Å². The molecule has 0 radical (unpaired) electrons. The molecular weight excluding hydrogens is 132 g/mol. The van der Waals surface area contributed by atoms with Crippen molar-refractivity contribution in [3.63, 3.8) is 0 Å². The van der Waals surface area contributed by atoms with Gasteiger partial charge in [-0.25, -0.2) is 0 Å². The van der Waals surface area contributed by atoms with Gasteiger partial charge in [0.05, 0.1) is 5.69 Å². The van der Waals surface area contributed by atoms with Crippen LogP contribution in [0.3, 0.4) is 0 Å². The Hall–Kier alpha value is -1.32. The van der Waals surface area contributed by atoms with E-state index in [0.717, 1.165) is 0 Å². The summed E-state index contributed by atoms with van der Waals surface area (Å²) in [6.07, 6.45) is 0.619. The summed E-state index contributed by atoms with van der Waals surface area (Å²) < 4.78 is 1.36. The van der Waals surface area contributed by atoms with Gasteiger partial charge < -0.3 is 0 Å². The highest BCUT2D eigenvalue weighted by molar-refractivity contribution is 5.71. The Labute approximate surface area is 57.5 Å². The van der Waals surface area contributed by atoms with Crippen molar-refractivity contribution in [3.05, 3.63) is 22.1 Å². The van der Waals surface area contributed by atoms with Crippen LogP contribution in [0.25, 0.3) is 0 Å². The smallest absolute Gasteiger partial charge is 0.267 e. The molecule has 1 heterocycles. The van der Waals surface area contributed by atoms with E-state index in [1.54, 1.807) is 0 Å². The van der Waals surface area contributed by atoms with Gasteiger partial charge in [-0.3, -0.25) is 19.4 Å². The zero-order valence-electron chi connectivity index (χ0n) is 5.63. The summed E-state index contributed by atoms with van der Waals surface area (Å²) in [5, 5.41) is 2.62. The Kier molecular flexibility index (Phi) is 1.71. The van der Waals surface area contributed by atoms with Crippen LogP contribution in [0, 0.1) is 0 Å². The number of aromatic nitrogens is 2. The number of rotatable bonds is 2. The molecule has 0 saturated carbocycles. The molecule has 0 atom stereocenters. The fourth-order valence-electron chi connectivity index (χ4n) is 0.749. The van der Waals surface area contributed by atoms with Crippen LogP contribution in [-0.2, 0) is 6.54 Å². The number of H-pyrrole nitrogens is 1. The van der Waals surface area contributed by atoms with Crippen LogP contribution in [0.15, 0.2) is 10.9 Å². The van der Waals surface area contributed by atoms with E-state index < -0.39 is 0 Å². The first kappa shape index (κ1) is 6.80. The van der Waals surface area contributed by atoms with E-state index in [9.17, 15) is 9.59 Å². The molecule has 0 aliphatic rings. The Morgan fingerprint density at radius 3 is 2.80 bits per heavy atom. The lowest BCUT2D eigenvalue weighted by atomic mass is 10.5.